The number of carboxylic acid groups (broad SMARTS) is 1. The third-order valence-electron chi connectivity index (χ3n) is 5.24. The van der Waals surface area contributed by atoms with Crippen molar-refractivity contribution in [3.05, 3.63) is 47.4 Å². The first-order valence-corrected chi connectivity index (χ1v) is 12.2. The fourth-order valence-electron chi connectivity index (χ4n) is 3.31. The van der Waals surface area contributed by atoms with Gasteiger partial charge in [-0.15, -0.1) is 11.3 Å². The molecule has 36 heavy (non-hydrogen) atoms. The molecule has 0 aliphatic carbocycles. The first-order valence-electron chi connectivity index (χ1n) is 11.3. The molecule has 1 aromatic carbocycles. The van der Waals surface area contributed by atoms with Gasteiger partial charge in [0.05, 0.1) is 22.6 Å². The summed E-state index contributed by atoms with van der Waals surface area (Å²) < 4.78 is 31.3. The highest BCUT2D eigenvalue weighted by Crippen LogP contribution is 2.27. The lowest BCUT2D eigenvalue weighted by atomic mass is 10.2. The minimum atomic E-state index is -1.12. The molecule has 1 N–H and O–H groups in total. The van der Waals surface area contributed by atoms with E-state index in [2.05, 4.69) is 26.8 Å². The number of nitrogens with zero attached hydrogens (tertiary/aromatic N) is 4. The van der Waals surface area contributed by atoms with Gasteiger partial charge < -0.3 is 19.3 Å². The number of aromatic nitrogens is 3. The molecule has 188 valence electrons. The Hall–Kier alpha value is -3.59. The summed E-state index contributed by atoms with van der Waals surface area (Å²) in [6.07, 6.45) is 6.83. The van der Waals surface area contributed by atoms with E-state index in [1.165, 1.54) is 30.8 Å². The van der Waals surface area contributed by atoms with E-state index in [1.807, 2.05) is 12.1 Å². The van der Waals surface area contributed by atoms with E-state index in [9.17, 15) is 9.18 Å². The number of ether oxygens (including phenoxy) is 3. The highest BCUT2D eigenvalue weighted by atomic mass is 32.1. The lowest BCUT2D eigenvalue weighted by Crippen LogP contribution is -2.32. The maximum absolute atomic E-state index is 13.4. The largest absolute Gasteiger partial charge is 0.491 e. The molecule has 1 fully saturated rings. The van der Waals surface area contributed by atoms with Crippen LogP contribution in [0.15, 0.2) is 36.7 Å². The molecule has 2 atom stereocenters. The molecule has 3 heterocycles. The number of hydrogen-bond acceptors (Lipinski definition) is 8. The Morgan fingerprint density at radius 3 is 3.00 bits per heavy atom. The number of fused-ring (bicyclic) bond motifs is 1. The quantitative estimate of drug-likeness (QED) is 0.439. The lowest BCUT2D eigenvalue weighted by molar-refractivity contribution is -0.195. The molecule has 2 unspecified atom stereocenters. The second-order valence-electron chi connectivity index (χ2n) is 7.91. The molecular formula is C25H25FN4O5S. The maximum Gasteiger partial charge on any atom is 0.412 e. The van der Waals surface area contributed by atoms with Crippen molar-refractivity contribution in [1.82, 2.24) is 15.0 Å². The molecule has 1 saturated heterocycles. The number of halogens is 1. The molecule has 0 radical (unpaired) electrons. The summed E-state index contributed by atoms with van der Waals surface area (Å²) in [5.74, 6) is 6.54. The van der Waals surface area contributed by atoms with Gasteiger partial charge in [-0.3, -0.25) is 4.90 Å². The van der Waals surface area contributed by atoms with Gasteiger partial charge in [-0.1, -0.05) is 5.92 Å². The Labute approximate surface area is 211 Å². The Kier molecular flexibility index (Phi) is 8.78. The number of amides is 1. The van der Waals surface area contributed by atoms with Gasteiger partial charge >= 0.3 is 6.09 Å². The van der Waals surface area contributed by atoms with E-state index >= 15 is 0 Å². The molecule has 4 rings (SSSR count). The van der Waals surface area contributed by atoms with Gasteiger partial charge in [-0.05, 0) is 55.5 Å². The number of benzene rings is 1. The first-order chi connectivity index (χ1) is 17.5. The van der Waals surface area contributed by atoms with Crippen LogP contribution in [0, 0.1) is 11.8 Å². The fraction of sp³-hybridized carbons (Fsp3) is 0.360. The highest BCUT2D eigenvalue weighted by Gasteiger charge is 2.20. The molecule has 9 nitrogen and oxygen atoms in total. The van der Waals surface area contributed by atoms with Crippen LogP contribution in [0.5, 0.6) is 5.75 Å². The average molecular weight is 513 g/mol. The molecule has 3 aromatic rings. The summed E-state index contributed by atoms with van der Waals surface area (Å²) in [6.45, 7) is 0.0930. The monoisotopic (exact) mass is 512 g/mol. The van der Waals surface area contributed by atoms with E-state index in [1.54, 1.807) is 18.2 Å². The van der Waals surface area contributed by atoms with Crippen molar-refractivity contribution < 1.29 is 28.5 Å². The van der Waals surface area contributed by atoms with Crippen LogP contribution in [0.3, 0.4) is 0 Å². The summed E-state index contributed by atoms with van der Waals surface area (Å²) in [6, 6.07) is 5.52. The lowest BCUT2D eigenvalue weighted by Gasteiger charge is -2.26. The number of hydrogen-bond donors (Lipinski definition) is 1. The van der Waals surface area contributed by atoms with E-state index in [0.717, 1.165) is 39.4 Å². The van der Waals surface area contributed by atoms with Gasteiger partial charge in [0.25, 0.3) is 0 Å². The van der Waals surface area contributed by atoms with Gasteiger partial charge in [-0.2, -0.15) is 0 Å². The van der Waals surface area contributed by atoms with Crippen molar-refractivity contribution in [3.8, 4) is 17.6 Å². The van der Waals surface area contributed by atoms with Crippen molar-refractivity contribution in [3.63, 3.8) is 0 Å². The predicted octanol–water partition coefficient (Wildman–Crippen LogP) is 4.53. The molecular weight excluding hydrogens is 487 g/mol. The summed E-state index contributed by atoms with van der Waals surface area (Å²) >= 11 is 1.47. The molecule has 0 saturated carbocycles. The van der Waals surface area contributed by atoms with Crippen LogP contribution in [0.2, 0.25) is 0 Å². The third-order valence-corrected chi connectivity index (χ3v) is 6.23. The predicted molar refractivity (Wildman–Crippen MR) is 134 cm³/mol. The summed E-state index contributed by atoms with van der Waals surface area (Å²) in [5, 5.41) is 9.72. The van der Waals surface area contributed by atoms with Crippen LogP contribution in [0.4, 0.5) is 15.0 Å². The van der Waals surface area contributed by atoms with E-state index in [4.69, 9.17) is 19.3 Å². The van der Waals surface area contributed by atoms with Gasteiger partial charge in [-0.25, -0.2) is 24.1 Å². The number of allylic oxidation sites excluding steroid dienone is 1. The molecule has 0 bridgehead atoms. The van der Waals surface area contributed by atoms with E-state index in [-0.39, 0.29) is 18.7 Å². The Balaban J connectivity index is 1.33. The molecule has 2 aromatic heterocycles. The van der Waals surface area contributed by atoms with Crippen molar-refractivity contribution in [2.45, 2.75) is 31.7 Å². The number of carbonyl (C=O) groups is 1. The van der Waals surface area contributed by atoms with Gasteiger partial charge in [0.2, 0.25) is 0 Å². The average Bonchev–Trinajstić information content (AvgIpc) is 3.31. The summed E-state index contributed by atoms with van der Waals surface area (Å²) in [4.78, 5) is 24.6. The van der Waals surface area contributed by atoms with Crippen LogP contribution in [-0.4, -0.2) is 65.5 Å². The number of alkyl halides is 1. The van der Waals surface area contributed by atoms with Crippen molar-refractivity contribution in [2.24, 2.45) is 0 Å². The second kappa shape index (κ2) is 12.4. The maximum atomic E-state index is 13.4. The molecule has 0 spiro atoms. The normalized spacial score (nSPS) is 16.4. The Bertz CT molecular complexity index is 1260. The zero-order valence-electron chi connectivity index (χ0n) is 19.6. The van der Waals surface area contributed by atoms with Gasteiger partial charge in [0, 0.05) is 13.7 Å². The van der Waals surface area contributed by atoms with Gasteiger partial charge in [0.1, 0.15) is 35.8 Å². The number of thiazole rings is 1. The summed E-state index contributed by atoms with van der Waals surface area (Å²) in [7, 11) is 1.39. The molecule has 1 aliphatic heterocycles. The SMILES string of the molecule is CN(C(=O)O)c1cnc(C#C/C=C/c2nc3ccc(OCC(CF)OC4CCCCO4)cc3s2)cn1. The summed E-state index contributed by atoms with van der Waals surface area (Å²) in [5.41, 5.74) is 1.23. The highest BCUT2D eigenvalue weighted by molar-refractivity contribution is 7.19. The fourth-order valence-corrected chi connectivity index (χ4v) is 4.21. The Morgan fingerprint density at radius 2 is 2.28 bits per heavy atom. The molecule has 1 amide bonds. The van der Waals surface area contributed by atoms with Crippen LogP contribution in [-0.2, 0) is 9.47 Å². The standard InChI is InChI=1S/C25H25FN4O5S/c1-30(25(31)32)22-15-27-17(14-28-22)6-2-3-7-23-29-20-10-9-18(12-21(20)36-23)34-16-19(13-26)35-24-8-4-5-11-33-24/h3,7,9-10,12,14-15,19,24H,4-5,8,11,13,16H2,1H3,(H,31,32)/b7-3+. The second-order valence-corrected chi connectivity index (χ2v) is 8.97. The zero-order chi connectivity index (χ0) is 25.3. The van der Waals surface area contributed by atoms with Crippen molar-refractivity contribution >= 4 is 39.5 Å². The van der Waals surface area contributed by atoms with Crippen molar-refractivity contribution in [1.29, 1.82) is 0 Å². The molecule has 11 heteroatoms. The third kappa shape index (κ3) is 6.97. The topological polar surface area (TPSA) is 107 Å². The van der Waals surface area contributed by atoms with Crippen LogP contribution in [0.25, 0.3) is 16.3 Å². The van der Waals surface area contributed by atoms with Crippen LogP contribution in [0.1, 0.15) is 30.0 Å². The van der Waals surface area contributed by atoms with Crippen LogP contribution >= 0.6 is 11.3 Å². The Morgan fingerprint density at radius 1 is 1.39 bits per heavy atom. The van der Waals surface area contributed by atoms with Crippen molar-refractivity contribution in [2.75, 3.05) is 31.8 Å². The number of anilines is 1. The minimum Gasteiger partial charge on any atom is -0.491 e. The minimum absolute atomic E-state index is 0.0967. The van der Waals surface area contributed by atoms with E-state index < -0.39 is 18.9 Å². The van der Waals surface area contributed by atoms with Crippen LogP contribution < -0.4 is 9.64 Å². The first kappa shape index (κ1) is 25.5. The number of rotatable bonds is 8. The van der Waals surface area contributed by atoms with Gasteiger partial charge in [0.15, 0.2) is 12.1 Å². The smallest absolute Gasteiger partial charge is 0.412 e. The van der Waals surface area contributed by atoms with E-state index in [0.29, 0.717) is 18.1 Å². The molecule has 1 aliphatic rings. The zero-order valence-corrected chi connectivity index (χ0v) is 20.4.